The van der Waals surface area contributed by atoms with E-state index in [1.165, 1.54) is 7.11 Å². The van der Waals surface area contributed by atoms with Crippen molar-refractivity contribution in [3.63, 3.8) is 0 Å². The van der Waals surface area contributed by atoms with Crippen molar-refractivity contribution in [1.82, 2.24) is 4.90 Å². The highest BCUT2D eigenvalue weighted by molar-refractivity contribution is 6.31. The molecule has 110 valence electrons. The second kappa shape index (κ2) is 6.33. The van der Waals surface area contributed by atoms with Gasteiger partial charge in [0.25, 0.3) is 0 Å². The summed E-state index contributed by atoms with van der Waals surface area (Å²) in [7, 11) is 1.53. The minimum atomic E-state index is -0.221. The van der Waals surface area contributed by atoms with Gasteiger partial charge in [-0.25, -0.2) is 4.79 Å². The van der Waals surface area contributed by atoms with Gasteiger partial charge in [-0.05, 0) is 31.4 Å². The van der Waals surface area contributed by atoms with E-state index in [4.69, 9.17) is 16.3 Å². The van der Waals surface area contributed by atoms with Crippen LogP contribution in [-0.2, 0) is 0 Å². The number of nitrogens with zero attached hydrogens (tertiary/aromatic N) is 1. The lowest BCUT2D eigenvalue weighted by molar-refractivity contribution is 0.166. The highest BCUT2D eigenvalue weighted by Gasteiger charge is 2.28. The molecular weight excluding hydrogens is 280 g/mol. The molecule has 0 bridgehead atoms. The summed E-state index contributed by atoms with van der Waals surface area (Å²) in [4.78, 5) is 13.9. The maximum Gasteiger partial charge on any atom is 0.322 e. The maximum absolute atomic E-state index is 12.3. The standard InChI is InChI=1S/C14H19ClN2O3/c1-9-6-12(13(20-2)7-11(9)15)16-14(19)17-5-3-4-10(17)8-18/h6-7,10,18H,3-5,8H2,1-2H3,(H,16,19)/t10-/m1/s1. The van der Waals surface area contributed by atoms with E-state index in [0.717, 1.165) is 18.4 Å². The molecule has 2 N–H and O–H groups in total. The average Bonchev–Trinajstić information content (AvgIpc) is 2.91. The number of urea groups is 1. The fourth-order valence-electron chi connectivity index (χ4n) is 2.41. The minimum absolute atomic E-state index is 0.00972. The van der Waals surface area contributed by atoms with Crippen molar-refractivity contribution in [2.75, 3.05) is 25.6 Å². The van der Waals surface area contributed by atoms with E-state index in [9.17, 15) is 9.90 Å². The van der Waals surface area contributed by atoms with Crippen LogP contribution < -0.4 is 10.1 Å². The maximum atomic E-state index is 12.3. The number of ether oxygens (including phenoxy) is 1. The first-order chi connectivity index (χ1) is 9.56. The van der Waals surface area contributed by atoms with Crippen LogP contribution in [0.15, 0.2) is 12.1 Å². The molecule has 1 fully saturated rings. The molecule has 1 aliphatic heterocycles. The van der Waals surface area contributed by atoms with Gasteiger partial charge in [-0.15, -0.1) is 0 Å². The number of amides is 2. The van der Waals surface area contributed by atoms with Gasteiger partial charge < -0.3 is 20.1 Å². The minimum Gasteiger partial charge on any atom is -0.495 e. The molecule has 1 aromatic rings. The Hall–Kier alpha value is -1.46. The van der Waals surface area contributed by atoms with Crippen LogP contribution in [-0.4, -0.2) is 42.3 Å². The smallest absolute Gasteiger partial charge is 0.322 e. The third-order valence-corrected chi connectivity index (χ3v) is 3.98. The molecule has 1 heterocycles. The van der Waals surface area contributed by atoms with Crippen LogP contribution in [0, 0.1) is 6.92 Å². The van der Waals surface area contributed by atoms with Crippen molar-refractivity contribution in [1.29, 1.82) is 0 Å². The number of anilines is 1. The Morgan fingerprint density at radius 3 is 3.00 bits per heavy atom. The number of halogens is 1. The van der Waals surface area contributed by atoms with E-state index in [2.05, 4.69) is 5.32 Å². The van der Waals surface area contributed by atoms with E-state index in [-0.39, 0.29) is 18.7 Å². The van der Waals surface area contributed by atoms with Crippen LogP contribution in [0.3, 0.4) is 0 Å². The van der Waals surface area contributed by atoms with Crippen molar-refractivity contribution >= 4 is 23.3 Å². The number of benzene rings is 1. The number of hydrogen-bond acceptors (Lipinski definition) is 3. The van der Waals surface area contributed by atoms with Gasteiger partial charge in [0.1, 0.15) is 5.75 Å². The number of hydrogen-bond donors (Lipinski definition) is 2. The van der Waals surface area contributed by atoms with Crippen LogP contribution in [0.2, 0.25) is 5.02 Å². The third-order valence-electron chi connectivity index (χ3n) is 3.57. The second-order valence-electron chi connectivity index (χ2n) is 4.90. The molecule has 0 radical (unpaired) electrons. The Balaban J connectivity index is 2.17. The van der Waals surface area contributed by atoms with Crippen LogP contribution in [0.5, 0.6) is 5.75 Å². The van der Waals surface area contributed by atoms with Crippen molar-refractivity contribution in [2.24, 2.45) is 0 Å². The summed E-state index contributed by atoms with van der Waals surface area (Å²) in [5.74, 6) is 0.522. The highest BCUT2D eigenvalue weighted by atomic mass is 35.5. The summed E-state index contributed by atoms with van der Waals surface area (Å²) in [6, 6.07) is 3.14. The lowest BCUT2D eigenvalue weighted by Crippen LogP contribution is -2.40. The van der Waals surface area contributed by atoms with Gasteiger partial charge in [0.15, 0.2) is 0 Å². The van der Waals surface area contributed by atoms with Crippen LogP contribution in [0.1, 0.15) is 18.4 Å². The molecule has 0 unspecified atom stereocenters. The highest BCUT2D eigenvalue weighted by Crippen LogP contribution is 2.31. The van der Waals surface area contributed by atoms with Crippen LogP contribution in [0.4, 0.5) is 10.5 Å². The Bertz CT molecular complexity index is 507. The fraction of sp³-hybridized carbons (Fsp3) is 0.500. The van der Waals surface area contributed by atoms with Gasteiger partial charge >= 0.3 is 6.03 Å². The molecule has 0 saturated carbocycles. The summed E-state index contributed by atoms with van der Waals surface area (Å²) in [6.07, 6.45) is 1.75. The number of aliphatic hydroxyl groups excluding tert-OH is 1. The van der Waals surface area contributed by atoms with Gasteiger partial charge in [0.2, 0.25) is 0 Å². The molecular formula is C14H19ClN2O3. The number of rotatable bonds is 3. The number of methoxy groups -OCH3 is 1. The zero-order valence-corrected chi connectivity index (χ0v) is 12.4. The molecule has 1 saturated heterocycles. The van der Waals surface area contributed by atoms with Crippen LogP contribution >= 0.6 is 11.6 Å². The largest absolute Gasteiger partial charge is 0.495 e. The monoisotopic (exact) mass is 298 g/mol. The number of carbonyl (C=O) groups excluding carboxylic acids is 1. The van der Waals surface area contributed by atoms with Crippen molar-refractivity contribution in [2.45, 2.75) is 25.8 Å². The predicted octanol–water partition coefficient (Wildman–Crippen LogP) is 2.65. The van der Waals surface area contributed by atoms with E-state index >= 15 is 0 Å². The Morgan fingerprint density at radius 2 is 2.35 bits per heavy atom. The number of carbonyl (C=O) groups is 1. The van der Waals surface area contributed by atoms with E-state index in [1.807, 2.05) is 6.92 Å². The van der Waals surface area contributed by atoms with Gasteiger partial charge in [0.05, 0.1) is 25.4 Å². The molecule has 6 heteroatoms. The fourth-order valence-corrected chi connectivity index (χ4v) is 2.56. The molecule has 1 aromatic carbocycles. The average molecular weight is 299 g/mol. The number of nitrogens with one attached hydrogen (secondary N) is 1. The van der Waals surface area contributed by atoms with E-state index < -0.39 is 0 Å². The zero-order valence-electron chi connectivity index (χ0n) is 11.6. The number of aliphatic hydroxyl groups is 1. The lowest BCUT2D eigenvalue weighted by Gasteiger charge is -2.24. The van der Waals surface area contributed by atoms with Crippen molar-refractivity contribution in [3.05, 3.63) is 22.7 Å². The Labute approximate surface area is 123 Å². The molecule has 0 spiro atoms. The topological polar surface area (TPSA) is 61.8 Å². The molecule has 1 aliphatic rings. The Kier molecular flexibility index (Phi) is 4.73. The van der Waals surface area contributed by atoms with Crippen molar-refractivity contribution < 1.29 is 14.6 Å². The molecule has 5 nitrogen and oxygen atoms in total. The van der Waals surface area contributed by atoms with E-state index in [0.29, 0.717) is 23.0 Å². The second-order valence-corrected chi connectivity index (χ2v) is 5.31. The van der Waals surface area contributed by atoms with Crippen LogP contribution in [0.25, 0.3) is 0 Å². The van der Waals surface area contributed by atoms with E-state index in [1.54, 1.807) is 17.0 Å². The Morgan fingerprint density at radius 1 is 1.60 bits per heavy atom. The molecule has 20 heavy (non-hydrogen) atoms. The first kappa shape index (κ1) is 14.9. The molecule has 1 atom stereocenters. The molecule has 0 aromatic heterocycles. The summed E-state index contributed by atoms with van der Waals surface area (Å²) in [5.41, 5.74) is 1.45. The number of aryl methyl sites for hydroxylation is 1. The van der Waals surface area contributed by atoms with Gasteiger partial charge in [-0.1, -0.05) is 11.6 Å². The summed E-state index contributed by atoms with van der Waals surface area (Å²) in [6.45, 7) is 2.51. The summed E-state index contributed by atoms with van der Waals surface area (Å²) >= 11 is 6.04. The molecule has 2 amide bonds. The zero-order chi connectivity index (χ0) is 14.7. The first-order valence-electron chi connectivity index (χ1n) is 6.59. The third kappa shape index (κ3) is 2.99. The molecule has 2 rings (SSSR count). The predicted molar refractivity (Wildman–Crippen MR) is 78.6 cm³/mol. The number of likely N-dealkylation sites (tertiary alicyclic amines) is 1. The normalized spacial score (nSPS) is 18.2. The SMILES string of the molecule is COc1cc(Cl)c(C)cc1NC(=O)N1CCC[C@@H]1CO. The van der Waals surface area contributed by atoms with Gasteiger partial charge in [-0.3, -0.25) is 0 Å². The van der Waals surface area contributed by atoms with Gasteiger partial charge in [0, 0.05) is 17.6 Å². The lowest BCUT2D eigenvalue weighted by atomic mass is 10.2. The quantitative estimate of drug-likeness (QED) is 0.902. The summed E-state index contributed by atoms with van der Waals surface area (Å²) in [5, 5.41) is 12.7. The van der Waals surface area contributed by atoms with Gasteiger partial charge in [-0.2, -0.15) is 0 Å². The summed E-state index contributed by atoms with van der Waals surface area (Å²) < 4.78 is 5.23. The molecule has 0 aliphatic carbocycles. The van der Waals surface area contributed by atoms with Crippen molar-refractivity contribution in [3.8, 4) is 5.75 Å². The first-order valence-corrected chi connectivity index (χ1v) is 6.97.